The molecular formula is C15H22N2O3. The fourth-order valence-corrected chi connectivity index (χ4v) is 2.45. The maximum absolute atomic E-state index is 12.2. The molecule has 1 fully saturated rings. The maximum atomic E-state index is 12.2. The molecule has 0 radical (unpaired) electrons. The van der Waals surface area contributed by atoms with Crippen molar-refractivity contribution in [3.63, 3.8) is 0 Å². The summed E-state index contributed by atoms with van der Waals surface area (Å²) in [5.41, 5.74) is 0.506. The first kappa shape index (κ1) is 14.7. The van der Waals surface area contributed by atoms with E-state index in [1.54, 1.807) is 32.4 Å². The highest BCUT2D eigenvalue weighted by Crippen LogP contribution is 2.23. The van der Waals surface area contributed by atoms with Crippen LogP contribution < -0.4 is 20.1 Å². The van der Waals surface area contributed by atoms with E-state index in [9.17, 15) is 4.79 Å². The molecule has 0 spiro atoms. The van der Waals surface area contributed by atoms with E-state index >= 15 is 0 Å². The van der Waals surface area contributed by atoms with Crippen LogP contribution in [0.2, 0.25) is 0 Å². The van der Waals surface area contributed by atoms with Gasteiger partial charge in [0.1, 0.15) is 11.5 Å². The highest BCUT2D eigenvalue weighted by Gasteiger charge is 2.16. The monoisotopic (exact) mass is 278 g/mol. The number of carbonyl (C=O) groups is 1. The first-order valence-electron chi connectivity index (χ1n) is 6.98. The van der Waals surface area contributed by atoms with Gasteiger partial charge in [-0.15, -0.1) is 0 Å². The van der Waals surface area contributed by atoms with Crippen LogP contribution in [-0.4, -0.2) is 39.3 Å². The molecule has 1 aliphatic rings. The Morgan fingerprint density at radius 1 is 1.40 bits per heavy atom. The van der Waals surface area contributed by atoms with Crippen LogP contribution in [0.3, 0.4) is 0 Å². The van der Waals surface area contributed by atoms with Gasteiger partial charge in [0.15, 0.2) is 0 Å². The minimum atomic E-state index is -0.126. The standard InChI is InChI=1S/C15H22N2O3/c1-19-12-5-6-14(20-2)13(10-12)15(18)17-9-7-11-4-3-8-16-11/h5-6,10-11,16H,3-4,7-9H2,1-2H3,(H,17,18)/t11-/m1/s1. The second-order valence-electron chi connectivity index (χ2n) is 4.90. The zero-order chi connectivity index (χ0) is 14.4. The predicted molar refractivity (Wildman–Crippen MR) is 77.5 cm³/mol. The lowest BCUT2D eigenvalue weighted by Gasteiger charge is -2.13. The molecule has 5 nitrogen and oxygen atoms in total. The van der Waals surface area contributed by atoms with Gasteiger partial charge in [-0.2, -0.15) is 0 Å². The fraction of sp³-hybridized carbons (Fsp3) is 0.533. The lowest BCUT2D eigenvalue weighted by Crippen LogP contribution is -2.30. The number of amides is 1. The summed E-state index contributed by atoms with van der Waals surface area (Å²) in [6, 6.07) is 5.74. The predicted octanol–water partition coefficient (Wildman–Crippen LogP) is 1.58. The first-order valence-corrected chi connectivity index (χ1v) is 6.98. The summed E-state index contributed by atoms with van der Waals surface area (Å²) in [7, 11) is 3.14. The van der Waals surface area contributed by atoms with Crippen molar-refractivity contribution in [2.45, 2.75) is 25.3 Å². The molecule has 0 saturated carbocycles. The fourth-order valence-electron chi connectivity index (χ4n) is 2.45. The second-order valence-corrected chi connectivity index (χ2v) is 4.90. The van der Waals surface area contributed by atoms with Crippen LogP contribution >= 0.6 is 0 Å². The van der Waals surface area contributed by atoms with Gasteiger partial charge >= 0.3 is 0 Å². The van der Waals surface area contributed by atoms with Gasteiger partial charge in [0.25, 0.3) is 5.91 Å². The van der Waals surface area contributed by atoms with Crippen LogP contribution in [0.25, 0.3) is 0 Å². The number of rotatable bonds is 6. The van der Waals surface area contributed by atoms with Crippen LogP contribution in [-0.2, 0) is 0 Å². The van der Waals surface area contributed by atoms with Gasteiger partial charge in [0.2, 0.25) is 0 Å². The SMILES string of the molecule is COc1ccc(OC)c(C(=O)NCC[C@H]2CCCN2)c1. The molecular weight excluding hydrogens is 256 g/mol. The zero-order valence-corrected chi connectivity index (χ0v) is 12.1. The summed E-state index contributed by atoms with van der Waals surface area (Å²) in [4.78, 5) is 12.2. The van der Waals surface area contributed by atoms with Crippen LogP contribution in [0.1, 0.15) is 29.6 Å². The number of nitrogens with one attached hydrogen (secondary N) is 2. The van der Waals surface area contributed by atoms with E-state index in [1.807, 2.05) is 0 Å². The molecule has 1 aromatic carbocycles. The van der Waals surface area contributed by atoms with E-state index in [-0.39, 0.29) is 5.91 Å². The first-order chi connectivity index (χ1) is 9.74. The summed E-state index contributed by atoms with van der Waals surface area (Å²) >= 11 is 0. The molecule has 1 atom stereocenters. The molecule has 1 saturated heterocycles. The zero-order valence-electron chi connectivity index (χ0n) is 12.1. The highest BCUT2D eigenvalue weighted by molar-refractivity contribution is 5.97. The lowest BCUT2D eigenvalue weighted by atomic mass is 10.1. The van der Waals surface area contributed by atoms with Crippen molar-refractivity contribution in [2.75, 3.05) is 27.3 Å². The quantitative estimate of drug-likeness (QED) is 0.829. The molecule has 1 aromatic rings. The van der Waals surface area contributed by atoms with Gasteiger partial charge in [0.05, 0.1) is 19.8 Å². The Hall–Kier alpha value is -1.75. The Kier molecular flexibility index (Phi) is 5.24. The van der Waals surface area contributed by atoms with Crippen molar-refractivity contribution in [3.05, 3.63) is 23.8 Å². The normalized spacial score (nSPS) is 17.8. The Labute approximate surface area is 119 Å². The largest absolute Gasteiger partial charge is 0.497 e. The highest BCUT2D eigenvalue weighted by atomic mass is 16.5. The van der Waals surface area contributed by atoms with Crippen LogP contribution in [0, 0.1) is 0 Å². The molecule has 0 aliphatic carbocycles. The molecule has 1 amide bonds. The number of hydrogen-bond acceptors (Lipinski definition) is 4. The molecule has 0 bridgehead atoms. The van der Waals surface area contributed by atoms with Crippen LogP contribution in [0.4, 0.5) is 0 Å². The average Bonchev–Trinajstić information content (AvgIpc) is 2.99. The molecule has 5 heteroatoms. The summed E-state index contributed by atoms with van der Waals surface area (Å²) in [5.74, 6) is 1.08. The number of carbonyl (C=O) groups excluding carboxylic acids is 1. The number of hydrogen-bond donors (Lipinski definition) is 2. The van der Waals surface area contributed by atoms with Gasteiger partial charge in [0, 0.05) is 12.6 Å². The molecule has 20 heavy (non-hydrogen) atoms. The second kappa shape index (κ2) is 7.14. The molecule has 2 rings (SSSR count). The van der Waals surface area contributed by atoms with E-state index in [1.165, 1.54) is 12.8 Å². The van der Waals surface area contributed by atoms with Crippen molar-refractivity contribution in [2.24, 2.45) is 0 Å². The lowest BCUT2D eigenvalue weighted by molar-refractivity contribution is 0.0949. The Morgan fingerprint density at radius 2 is 2.25 bits per heavy atom. The molecule has 2 N–H and O–H groups in total. The van der Waals surface area contributed by atoms with E-state index in [0.717, 1.165) is 13.0 Å². The summed E-state index contributed by atoms with van der Waals surface area (Å²) in [6.45, 7) is 1.75. The van der Waals surface area contributed by atoms with E-state index in [2.05, 4.69) is 10.6 Å². The van der Waals surface area contributed by atoms with Crippen molar-refractivity contribution < 1.29 is 14.3 Å². The van der Waals surface area contributed by atoms with Gasteiger partial charge < -0.3 is 20.1 Å². The smallest absolute Gasteiger partial charge is 0.255 e. The summed E-state index contributed by atoms with van der Waals surface area (Å²) in [6.07, 6.45) is 3.37. The van der Waals surface area contributed by atoms with Gasteiger partial charge in [-0.3, -0.25) is 4.79 Å². The summed E-state index contributed by atoms with van der Waals surface area (Å²) < 4.78 is 10.4. The Bertz CT molecular complexity index is 456. The molecule has 1 aliphatic heterocycles. The van der Waals surface area contributed by atoms with E-state index < -0.39 is 0 Å². The third-order valence-electron chi connectivity index (χ3n) is 3.59. The minimum absolute atomic E-state index is 0.126. The molecule has 1 heterocycles. The van der Waals surface area contributed by atoms with E-state index in [0.29, 0.717) is 29.6 Å². The Balaban J connectivity index is 1.93. The maximum Gasteiger partial charge on any atom is 0.255 e. The van der Waals surface area contributed by atoms with E-state index in [4.69, 9.17) is 9.47 Å². The van der Waals surface area contributed by atoms with Crippen LogP contribution in [0.5, 0.6) is 11.5 Å². The molecule has 0 aromatic heterocycles. The van der Waals surface area contributed by atoms with Crippen molar-refractivity contribution in [1.82, 2.24) is 10.6 Å². The van der Waals surface area contributed by atoms with Crippen LogP contribution in [0.15, 0.2) is 18.2 Å². The summed E-state index contributed by atoms with van der Waals surface area (Å²) in [5, 5.41) is 6.35. The molecule has 110 valence electrons. The Morgan fingerprint density at radius 3 is 2.90 bits per heavy atom. The van der Waals surface area contributed by atoms with Crippen molar-refractivity contribution >= 4 is 5.91 Å². The van der Waals surface area contributed by atoms with Crippen molar-refractivity contribution in [3.8, 4) is 11.5 Å². The van der Waals surface area contributed by atoms with Crippen molar-refractivity contribution in [1.29, 1.82) is 0 Å². The van der Waals surface area contributed by atoms with Gasteiger partial charge in [-0.25, -0.2) is 0 Å². The minimum Gasteiger partial charge on any atom is -0.497 e. The third kappa shape index (κ3) is 3.63. The number of methoxy groups -OCH3 is 2. The topological polar surface area (TPSA) is 59.6 Å². The van der Waals surface area contributed by atoms with Gasteiger partial charge in [-0.1, -0.05) is 0 Å². The van der Waals surface area contributed by atoms with Gasteiger partial charge in [-0.05, 0) is 44.0 Å². The number of benzene rings is 1. The average molecular weight is 278 g/mol. The third-order valence-corrected chi connectivity index (χ3v) is 3.59. The number of ether oxygens (including phenoxy) is 2. The molecule has 0 unspecified atom stereocenters.